The quantitative estimate of drug-likeness (QED) is 0.611. The number of carbonyl (C=O) groups is 1. The van der Waals surface area contributed by atoms with Gasteiger partial charge in [-0.3, -0.25) is 14.9 Å². The highest BCUT2D eigenvalue weighted by atomic mass is 32.2. The van der Waals surface area contributed by atoms with Crippen LogP contribution in [0.4, 0.5) is 5.69 Å². The highest BCUT2D eigenvalue weighted by Crippen LogP contribution is 2.36. The summed E-state index contributed by atoms with van der Waals surface area (Å²) >= 11 is 2.67. The SMILES string of the molecule is Cc1csc(Sc2ccc(C(=O)NCC3CCOC3)cc2[N+](=O)[O-])n1. The second kappa shape index (κ2) is 7.94. The molecule has 0 aliphatic carbocycles. The molecule has 1 N–H and O–H groups in total. The number of aromatic nitrogens is 1. The van der Waals surface area contributed by atoms with Crippen molar-refractivity contribution in [3.05, 3.63) is 45.0 Å². The lowest BCUT2D eigenvalue weighted by Crippen LogP contribution is -2.29. The number of nitrogens with one attached hydrogen (secondary N) is 1. The van der Waals surface area contributed by atoms with Gasteiger partial charge in [-0.25, -0.2) is 4.98 Å². The van der Waals surface area contributed by atoms with E-state index in [1.807, 2.05) is 12.3 Å². The zero-order valence-electron chi connectivity index (χ0n) is 13.6. The molecule has 1 fully saturated rings. The van der Waals surface area contributed by atoms with Crippen LogP contribution in [0.3, 0.4) is 0 Å². The van der Waals surface area contributed by atoms with E-state index < -0.39 is 4.92 Å². The summed E-state index contributed by atoms with van der Waals surface area (Å²) in [6.45, 7) is 3.75. The first-order valence-corrected chi connectivity index (χ1v) is 9.47. The summed E-state index contributed by atoms with van der Waals surface area (Å²) < 4.78 is 6.01. The Balaban J connectivity index is 1.73. The zero-order valence-corrected chi connectivity index (χ0v) is 15.2. The number of thiazole rings is 1. The molecule has 0 saturated carbocycles. The van der Waals surface area contributed by atoms with Gasteiger partial charge in [0.1, 0.15) is 0 Å². The number of nitro benzene ring substituents is 1. The summed E-state index contributed by atoms with van der Waals surface area (Å²) in [7, 11) is 0. The zero-order chi connectivity index (χ0) is 17.8. The smallest absolute Gasteiger partial charge is 0.284 e. The molecule has 132 valence electrons. The summed E-state index contributed by atoms with van der Waals surface area (Å²) in [4.78, 5) is 28.0. The van der Waals surface area contributed by atoms with Crippen LogP contribution in [0, 0.1) is 23.0 Å². The third-order valence-electron chi connectivity index (χ3n) is 3.79. The number of rotatable bonds is 6. The van der Waals surface area contributed by atoms with Crippen molar-refractivity contribution in [1.29, 1.82) is 0 Å². The first-order valence-electron chi connectivity index (χ1n) is 7.77. The number of carbonyl (C=O) groups excluding carboxylic acids is 1. The Morgan fingerprint density at radius 1 is 1.56 bits per heavy atom. The molecular formula is C16H17N3O4S2. The largest absolute Gasteiger partial charge is 0.381 e. The molecule has 7 nitrogen and oxygen atoms in total. The van der Waals surface area contributed by atoms with Crippen LogP contribution in [0.1, 0.15) is 22.5 Å². The Hall–Kier alpha value is -1.97. The second-order valence-electron chi connectivity index (χ2n) is 5.74. The highest BCUT2D eigenvalue weighted by molar-refractivity contribution is 8.01. The molecule has 1 atom stereocenters. The van der Waals surface area contributed by atoms with Crippen molar-refractivity contribution >= 4 is 34.7 Å². The highest BCUT2D eigenvalue weighted by Gasteiger charge is 2.21. The van der Waals surface area contributed by atoms with E-state index in [4.69, 9.17) is 4.74 Å². The van der Waals surface area contributed by atoms with Crippen molar-refractivity contribution in [2.24, 2.45) is 5.92 Å². The van der Waals surface area contributed by atoms with Gasteiger partial charge in [-0.05, 0) is 25.5 Å². The predicted octanol–water partition coefficient (Wildman–Crippen LogP) is 3.28. The second-order valence-corrected chi connectivity index (χ2v) is 7.88. The molecule has 0 bridgehead atoms. The lowest BCUT2D eigenvalue weighted by atomic mass is 10.1. The van der Waals surface area contributed by atoms with Crippen molar-refractivity contribution < 1.29 is 14.5 Å². The van der Waals surface area contributed by atoms with Crippen LogP contribution in [-0.2, 0) is 4.74 Å². The summed E-state index contributed by atoms with van der Waals surface area (Å²) in [6.07, 6.45) is 0.920. The van der Waals surface area contributed by atoms with E-state index in [0.717, 1.165) is 16.5 Å². The van der Waals surface area contributed by atoms with E-state index in [9.17, 15) is 14.9 Å². The Labute approximate surface area is 152 Å². The van der Waals surface area contributed by atoms with E-state index in [1.54, 1.807) is 12.1 Å². The number of ether oxygens (including phenoxy) is 1. The molecule has 3 rings (SSSR count). The molecular weight excluding hydrogens is 362 g/mol. The normalized spacial score (nSPS) is 16.8. The molecule has 0 spiro atoms. The average Bonchev–Trinajstić information content (AvgIpc) is 3.24. The van der Waals surface area contributed by atoms with Gasteiger partial charge in [0, 0.05) is 41.8 Å². The third-order valence-corrected chi connectivity index (χ3v) is 5.91. The van der Waals surface area contributed by atoms with Gasteiger partial charge >= 0.3 is 0 Å². The van der Waals surface area contributed by atoms with Crippen LogP contribution < -0.4 is 5.32 Å². The minimum atomic E-state index is -0.468. The molecule has 1 aromatic carbocycles. The molecule has 1 amide bonds. The Bertz CT molecular complexity index is 787. The number of nitrogens with zero attached hydrogens (tertiary/aromatic N) is 2. The Kier molecular flexibility index (Phi) is 5.67. The van der Waals surface area contributed by atoms with Gasteiger partial charge in [0.05, 0.1) is 16.4 Å². The van der Waals surface area contributed by atoms with E-state index in [2.05, 4.69) is 10.3 Å². The predicted molar refractivity (Wildman–Crippen MR) is 95.3 cm³/mol. The maximum Gasteiger partial charge on any atom is 0.284 e. The van der Waals surface area contributed by atoms with E-state index in [1.165, 1.54) is 29.2 Å². The van der Waals surface area contributed by atoms with Gasteiger partial charge in [0.25, 0.3) is 11.6 Å². The monoisotopic (exact) mass is 379 g/mol. The Morgan fingerprint density at radius 3 is 3.04 bits per heavy atom. The first kappa shape index (κ1) is 17.8. The molecule has 1 aromatic heterocycles. The van der Waals surface area contributed by atoms with Gasteiger partial charge in [0.2, 0.25) is 0 Å². The standard InChI is InChI=1S/C16H17N3O4S2/c1-10-9-24-16(18-10)25-14-3-2-12(6-13(14)19(21)22)15(20)17-7-11-4-5-23-8-11/h2-3,6,9,11H,4-5,7-8H2,1H3,(H,17,20). The van der Waals surface area contributed by atoms with Crippen LogP contribution in [0.5, 0.6) is 0 Å². The minimum Gasteiger partial charge on any atom is -0.381 e. The minimum absolute atomic E-state index is 0.0882. The molecule has 9 heteroatoms. The number of hydrogen-bond donors (Lipinski definition) is 1. The fourth-order valence-corrected chi connectivity index (χ4v) is 4.32. The van der Waals surface area contributed by atoms with Crippen LogP contribution in [-0.4, -0.2) is 35.6 Å². The fourth-order valence-electron chi connectivity index (χ4n) is 2.44. The van der Waals surface area contributed by atoms with Gasteiger partial charge in [-0.15, -0.1) is 11.3 Å². The van der Waals surface area contributed by atoms with Gasteiger partial charge in [0.15, 0.2) is 4.34 Å². The fraction of sp³-hybridized carbons (Fsp3) is 0.375. The van der Waals surface area contributed by atoms with E-state index in [-0.39, 0.29) is 17.2 Å². The number of nitro groups is 1. The van der Waals surface area contributed by atoms with Crippen LogP contribution in [0.15, 0.2) is 32.8 Å². The molecule has 1 unspecified atom stereocenters. The maximum absolute atomic E-state index is 12.3. The first-order chi connectivity index (χ1) is 12.0. The van der Waals surface area contributed by atoms with Gasteiger partial charge < -0.3 is 10.1 Å². The summed E-state index contributed by atoms with van der Waals surface area (Å²) in [5.41, 5.74) is 1.07. The van der Waals surface area contributed by atoms with Crippen LogP contribution in [0.25, 0.3) is 0 Å². The van der Waals surface area contributed by atoms with Gasteiger partial charge in [-0.1, -0.05) is 11.8 Å². The molecule has 1 aliphatic heterocycles. The molecule has 2 aromatic rings. The average molecular weight is 379 g/mol. The third kappa shape index (κ3) is 4.56. The van der Waals surface area contributed by atoms with Crippen molar-refractivity contribution in [2.45, 2.75) is 22.6 Å². The van der Waals surface area contributed by atoms with Crippen molar-refractivity contribution in [2.75, 3.05) is 19.8 Å². The molecule has 0 radical (unpaired) electrons. The van der Waals surface area contributed by atoms with Crippen LogP contribution >= 0.6 is 23.1 Å². The lowest BCUT2D eigenvalue weighted by molar-refractivity contribution is -0.387. The number of aryl methyl sites for hydroxylation is 1. The molecule has 1 saturated heterocycles. The molecule has 1 aliphatic rings. The summed E-state index contributed by atoms with van der Waals surface area (Å²) in [5.74, 6) is -0.00134. The maximum atomic E-state index is 12.3. The van der Waals surface area contributed by atoms with Crippen molar-refractivity contribution in [3.63, 3.8) is 0 Å². The summed E-state index contributed by atoms with van der Waals surface area (Å²) in [5, 5.41) is 16.1. The molecule has 25 heavy (non-hydrogen) atoms. The topological polar surface area (TPSA) is 94.4 Å². The van der Waals surface area contributed by atoms with E-state index in [0.29, 0.717) is 30.6 Å². The Morgan fingerprint density at radius 2 is 2.40 bits per heavy atom. The number of hydrogen-bond acceptors (Lipinski definition) is 7. The lowest BCUT2D eigenvalue weighted by Gasteiger charge is -2.10. The van der Waals surface area contributed by atoms with Crippen molar-refractivity contribution in [1.82, 2.24) is 10.3 Å². The van der Waals surface area contributed by atoms with Crippen molar-refractivity contribution in [3.8, 4) is 0 Å². The number of benzene rings is 1. The number of amides is 1. The summed E-state index contributed by atoms with van der Waals surface area (Å²) in [6, 6.07) is 4.53. The molecule has 2 heterocycles. The van der Waals surface area contributed by atoms with E-state index >= 15 is 0 Å². The van der Waals surface area contributed by atoms with Gasteiger partial charge in [-0.2, -0.15) is 0 Å². The van der Waals surface area contributed by atoms with Crippen LogP contribution in [0.2, 0.25) is 0 Å².